The van der Waals surface area contributed by atoms with Crippen molar-refractivity contribution in [3.8, 4) is 0 Å². The molecule has 1 fully saturated rings. The third-order valence-corrected chi connectivity index (χ3v) is 6.35. The summed E-state index contributed by atoms with van der Waals surface area (Å²) in [6.07, 6.45) is 0. The Balaban J connectivity index is 1.55. The maximum absolute atomic E-state index is 12.5. The molecule has 144 valence electrons. The molecule has 0 spiro atoms. The summed E-state index contributed by atoms with van der Waals surface area (Å²) >= 11 is 0. The second-order valence-corrected chi connectivity index (χ2v) is 9.16. The summed E-state index contributed by atoms with van der Waals surface area (Å²) < 4.78 is 23.1. The average Bonchev–Trinajstić information content (AvgIpc) is 2.68. The fourth-order valence-electron chi connectivity index (χ4n) is 3.10. The number of hydrogen-bond acceptors (Lipinski definition) is 5. The van der Waals surface area contributed by atoms with Crippen molar-refractivity contribution in [2.24, 2.45) is 5.73 Å². The molecule has 1 amide bonds. The van der Waals surface area contributed by atoms with Crippen LogP contribution in [0.2, 0.25) is 0 Å². The minimum atomic E-state index is -2.89. The molecular formula is C20H25N3O3S. The fraction of sp³-hybridized carbons (Fsp3) is 0.350. The van der Waals surface area contributed by atoms with Gasteiger partial charge in [-0.1, -0.05) is 42.5 Å². The van der Waals surface area contributed by atoms with E-state index in [1.54, 1.807) is 6.07 Å². The van der Waals surface area contributed by atoms with E-state index in [9.17, 15) is 13.2 Å². The zero-order chi connectivity index (χ0) is 19.3. The Kier molecular flexibility index (Phi) is 6.26. The van der Waals surface area contributed by atoms with E-state index in [1.165, 1.54) is 0 Å². The van der Waals surface area contributed by atoms with Crippen LogP contribution in [0.3, 0.4) is 0 Å². The Morgan fingerprint density at radius 2 is 1.78 bits per heavy atom. The van der Waals surface area contributed by atoms with Crippen LogP contribution < -0.4 is 11.1 Å². The van der Waals surface area contributed by atoms with Gasteiger partial charge >= 0.3 is 0 Å². The lowest BCUT2D eigenvalue weighted by Gasteiger charge is -2.26. The summed E-state index contributed by atoms with van der Waals surface area (Å²) in [6, 6.07) is 16.8. The quantitative estimate of drug-likeness (QED) is 0.780. The molecule has 1 unspecified atom stereocenters. The highest BCUT2D eigenvalue weighted by Crippen LogP contribution is 2.13. The van der Waals surface area contributed by atoms with Crippen molar-refractivity contribution in [3.05, 3.63) is 71.3 Å². The van der Waals surface area contributed by atoms with Gasteiger partial charge in [0.1, 0.15) is 0 Å². The lowest BCUT2D eigenvalue weighted by Crippen LogP contribution is -2.39. The molecule has 0 radical (unpaired) electrons. The van der Waals surface area contributed by atoms with Crippen molar-refractivity contribution >= 4 is 15.7 Å². The number of benzene rings is 2. The van der Waals surface area contributed by atoms with Crippen LogP contribution in [0.25, 0.3) is 0 Å². The molecule has 2 aromatic rings. The maximum atomic E-state index is 12.5. The highest BCUT2D eigenvalue weighted by molar-refractivity contribution is 7.91. The van der Waals surface area contributed by atoms with Crippen LogP contribution >= 0.6 is 0 Å². The predicted molar refractivity (Wildman–Crippen MR) is 106 cm³/mol. The highest BCUT2D eigenvalue weighted by Gasteiger charge is 2.21. The van der Waals surface area contributed by atoms with Gasteiger partial charge < -0.3 is 11.1 Å². The lowest BCUT2D eigenvalue weighted by molar-refractivity contribution is 0.0951. The van der Waals surface area contributed by atoms with E-state index in [0.717, 1.165) is 11.1 Å². The number of carbonyl (C=O) groups excluding carboxylic acids is 1. The topological polar surface area (TPSA) is 92.5 Å². The summed E-state index contributed by atoms with van der Waals surface area (Å²) in [5.41, 5.74) is 8.68. The van der Waals surface area contributed by atoms with Crippen LogP contribution in [-0.2, 0) is 16.4 Å². The highest BCUT2D eigenvalue weighted by atomic mass is 32.2. The number of carbonyl (C=O) groups is 1. The summed E-state index contributed by atoms with van der Waals surface area (Å²) in [5.74, 6) is 0.235. The summed E-state index contributed by atoms with van der Waals surface area (Å²) in [5, 5.41) is 2.88. The van der Waals surface area contributed by atoms with Crippen molar-refractivity contribution in [1.82, 2.24) is 10.2 Å². The number of nitrogens with one attached hydrogen (secondary N) is 1. The Labute approximate surface area is 160 Å². The van der Waals surface area contributed by atoms with Gasteiger partial charge in [0.05, 0.1) is 11.5 Å². The molecule has 2 aromatic carbocycles. The number of sulfone groups is 1. The summed E-state index contributed by atoms with van der Waals surface area (Å²) in [6.45, 7) is 2.06. The monoisotopic (exact) mass is 387 g/mol. The number of rotatable bonds is 6. The van der Waals surface area contributed by atoms with E-state index < -0.39 is 9.84 Å². The van der Waals surface area contributed by atoms with E-state index in [0.29, 0.717) is 31.7 Å². The molecule has 3 N–H and O–H groups in total. The molecule has 0 saturated carbocycles. The Bertz CT molecular complexity index is 870. The number of hydrogen-bond donors (Lipinski definition) is 2. The average molecular weight is 388 g/mol. The minimum absolute atomic E-state index is 0.163. The van der Waals surface area contributed by atoms with Crippen molar-refractivity contribution in [2.75, 3.05) is 31.1 Å². The van der Waals surface area contributed by atoms with Crippen molar-refractivity contribution in [2.45, 2.75) is 12.6 Å². The largest absolute Gasteiger partial charge is 0.350 e. The molecule has 0 aromatic heterocycles. The number of nitrogens with zero attached hydrogens (tertiary/aromatic N) is 1. The Morgan fingerprint density at radius 3 is 2.48 bits per heavy atom. The molecule has 1 heterocycles. The third-order valence-electron chi connectivity index (χ3n) is 4.74. The van der Waals surface area contributed by atoms with Gasteiger partial charge in [-0.3, -0.25) is 9.69 Å². The van der Waals surface area contributed by atoms with Gasteiger partial charge in [0, 0.05) is 37.8 Å². The standard InChI is InChI=1S/C20H25N3O3S/c21-19(17-6-2-1-3-7-17)14-22-20(24)18-8-4-5-16(13-18)15-23-9-11-27(25,26)12-10-23/h1-8,13,19H,9-12,14-15,21H2,(H,22,24). The summed E-state index contributed by atoms with van der Waals surface area (Å²) in [4.78, 5) is 14.6. The molecular weight excluding hydrogens is 362 g/mol. The van der Waals surface area contributed by atoms with E-state index in [-0.39, 0.29) is 23.5 Å². The molecule has 1 aliphatic heterocycles. The van der Waals surface area contributed by atoms with E-state index in [4.69, 9.17) is 5.73 Å². The van der Waals surface area contributed by atoms with Crippen molar-refractivity contribution in [3.63, 3.8) is 0 Å². The molecule has 3 rings (SSSR count). The molecule has 1 saturated heterocycles. The van der Waals surface area contributed by atoms with Gasteiger partial charge in [0.2, 0.25) is 0 Å². The van der Waals surface area contributed by atoms with Gasteiger partial charge in [-0.15, -0.1) is 0 Å². The van der Waals surface area contributed by atoms with Gasteiger partial charge in [0.25, 0.3) is 5.91 Å². The Hall–Kier alpha value is -2.22. The maximum Gasteiger partial charge on any atom is 0.251 e. The molecule has 6 nitrogen and oxygen atoms in total. The first-order chi connectivity index (χ1) is 12.9. The second-order valence-electron chi connectivity index (χ2n) is 6.86. The van der Waals surface area contributed by atoms with Crippen LogP contribution in [0.5, 0.6) is 0 Å². The van der Waals surface area contributed by atoms with Gasteiger partial charge in [-0.25, -0.2) is 8.42 Å². The SMILES string of the molecule is NC(CNC(=O)c1cccc(CN2CCS(=O)(=O)CC2)c1)c1ccccc1. The molecule has 1 atom stereocenters. The Morgan fingerprint density at radius 1 is 1.07 bits per heavy atom. The molecule has 0 aliphatic carbocycles. The molecule has 27 heavy (non-hydrogen) atoms. The number of nitrogens with two attached hydrogens (primary N) is 1. The normalized spacial score (nSPS) is 18.0. The first-order valence-electron chi connectivity index (χ1n) is 9.03. The second kappa shape index (κ2) is 8.65. The van der Waals surface area contributed by atoms with Gasteiger partial charge in [-0.05, 0) is 23.3 Å². The zero-order valence-electron chi connectivity index (χ0n) is 15.2. The van der Waals surface area contributed by atoms with Crippen LogP contribution in [0.15, 0.2) is 54.6 Å². The van der Waals surface area contributed by atoms with Crippen molar-refractivity contribution < 1.29 is 13.2 Å². The molecule has 7 heteroatoms. The minimum Gasteiger partial charge on any atom is -0.350 e. The van der Waals surface area contributed by atoms with E-state index in [1.807, 2.05) is 48.5 Å². The predicted octanol–water partition coefficient (Wildman–Crippen LogP) is 1.35. The van der Waals surface area contributed by atoms with Crippen molar-refractivity contribution in [1.29, 1.82) is 0 Å². The van der Waals surface area contributed by atoms with Crippen LogP contribution in [0, 0.1) is 0 Å². The van der Waals surface area contributed by atoms with Crippen LogP contribution in [-0.4, -0.2) is 50.4 Å². The van der Waals surface area contributed by atoms with E-state index >= 15 is 0 Å². The smallest absolute Gasteiger partial charge is 0.251 e. The van der Waals surface area contributed by atoms with E-state index in [2.05, 4.69) is 10.2 Å². The van der Waals surface area contributed by atoms with Gasteiger partial charge in [-0.2, -0.15) is 0 Å². The first-order valence-corrected chi connectivity index (χ1v) is 10.9. The third kappa shape index (κ3) is 5.63. The lowest BCUT2D eigenvalue weighted by atomic mass is 10.1. The number of amides is 1. The fourth-order valence-corrected chi connectivity index (χ4v) is 4.38. The van der Waals surface area contributed by atoms with Crippen LogP contribution in [0.1, 0.15) is 27.5 Å². The molecule has 0 bridgehead atoms. The first kappa shape index (κ1) is 19.5. The van der Waals surface area contributed by atoms with Gasteiger partial charge in [0.15, 0.2) is 9.84 Å². The van der Waals surface area contributed by atoms with Crippen LogP contribution in [0.4, 0.5) is 0 Å². The summed E-state index contributed by atoms with van der Waals surface area (Å²) in [7, 11) is -2.89. The zero-order valence-corrected chi connectivity index (χ0v) is 16.0. The molecule has 1 aliphatic rings.